The molecule has 12 heteroatoms. The van der Waals surface area contributed by atoms with Crippen LogP contribution in [-0.4, -0.2) is 46.5 Å². The van der Waals surface area contributed by atoms with Gasteiger partial charge in [0.25, 0.3) is 11.4 Å². The van der Waals surface area contributed by atoms with Crippen molar-refractivity contribution in [2.45, 2.75) is 31.1 Å². The Labute approximate surface area is 210 Å². The van der Waals surface area contributed by atoms with E-state index in [0.717, 1.165) is 11.1 Å². The van der Waals surface area contributed by atoms with E-state index in [1.807, 2.05) is 0 Å². The Balaban J connectivity index is 1.43. The maximum absolute atomic E-state index is 13.0. The van der Waals surface area contributed by atoms with Crippen LogP contribution in [0.15, 0.2) is 36.4 Å². The van der Waals surface area contributed by atoms with Gasteiger partial charge in [0.1, 0.15) is 0 Å². The molecular weight excluding hydrogens is 499 g/mol. The first-order valence-electron chi connectivity index (χ1n) is 11.0. The number of alkyl halides is 2. The van der Waals surface area contributed by atoms with Crippen molar-refractivity contribution in [3.05, 3.63) is 67.8 Å². The molecule has 2 aliphatic heterocycles. The van der Waals surface area contributed by atoms with Crippen LogP contribution in [0.5, 0.6) is 0 Å². The first kappa shape index (κ1) is 24.9. The Bertz CT molecular complexity index is 1120. The molecular formula is C23H22Cl2N4O6. The molecule has 2 unspecified atom stereocenters. The number of hydrogen-bond donors (Lipinski definition) is 0. The van der Waals surface area contributed by atoms with E-state index in [1.54, 1.807) is 12.1 Å². The highest BCUT2D eigenvalue weighted by Crippen LogP contribution is 2.41. The lowest BCUT2D eigenvalue weighted by molar-refractivity contribution is -0.385. The van der Waals surface area contributed by atoms with Crippen molar-refractivity contribution in [1.82, 2.24) is 0 Å². The van der Waals surface area contributed by atoms with Gasteiger partial charge in [-0.2, -0.15) is 0 Å². The molecule has 0 N–H and O–H groups in total. The molecule has 2 atom stereocenters. The maximum atomic E-state index is 13.0. The third-order valence-corrected chi connectivity index (χ3v) is 7.22. The van der Waals surface area contributed by atoms with Gasteiger partial charge in [-0.1, -0.05) is 0 Å². The molecule has 2 heterocycles. The predicted molar refractivity (Wildman–Crippen MR) is 132 cm³/mol. The second-order valence-corrected chi connectivity index (χ2v) is 9.18. The highest BCUT2D eigenvalue weighted by atomic mass is 35.5. The summed E-state index contributed by atoms with van der Waals surface area (Å²) in [5.41, 5.74) is 2.32. The molecule has 0 aliphatic carbocycles. The van der Waals surface area contributed by atoms with Gasteiger partial charge < -0.3 is 9.80 Å². The van der Waals surface area contributed by atoms with Crippen LogP contribution in [-0.2, 0) is 9.59 Å². The number of carbonyl (C=O) groups excluding carboxylic acids is 2. The van der Waals surface area contributed by atoms with E-state index in [1.165, 1.54) is 34.1 Å². The third kappa shape index (κ3) is 4.81. The minimum atomic E-state index is -0.512. The van der Waals surface area contributed by atoms with E-state index in [9.17, 15) is 29.8 Å². The fourth-order valence-electron chi connectivity index (χ4n) is 4.68. The van der Waals surface area contributed by atoms with Crippen molar-refractivity contribution < 1.29 is 19.4 Å². The normalized spacial score (nSPS) is 18.3. The lowest BCUT2D eigenvalue weighted by Crippen LogP contribution is -2.32. The number of fused-ring (bicyclic) bond motifs is 2. The van der Waals surface area contributed by atoms with Crippen LogP contribution in [0.3, 0.4) is 0 Å². The largest absolute Gasteiger partial charge is 0.311 e. The Morgan fingerprint density at radius 3 is 1.54 bits per heavy atom. The summed E-state index contributed by atoms with van der Waals surface area (Å²) in [6.45, 7) is 0.653. The Morgan fingerprint density at radius 1 is 0.800 bits per heavy atom. The molecule has 0 aromatic heterocycles. The van der Waals surface area contributed by atoms with E-state index >= 15 is 0 Å². The van der Waals surface area contributed by atoms with Gasteiger partial charge >= 0.3 is 0 Å². The van der Waals surface area contributed by atoms with Crippen LogP contribution in [0.2, 0.25) is 0 Å². The van der Waals surface area contributed by atoms with E-state index in [2.05, 4.69) is 0 Å². The molecule has 0 saturated heterocycles. The minimum absolute atomic E-state index is 0.0669. The number of anilines is 2. The fourth-order valence-corrected chi connectivity index (χ4v) is 5.21. The lowest BCUT2D eigenvalue weighted by atomic mass is 10.0. The molecule has 2 amide bonds. The molecule has 0 bridgehead atoms. The highest BCUT2D eigenvalue weighted by molar-refractivity contribution is 6.19. The summed E-state index contributed by atoms with van der Waals surface area (Å²) in [6, 6.07) is 8.83. The second kappa shape index (κ2) is 10.2. The van der Waals surface area contributed by atoms with Gasteiger partial charge in [-0.05, 0) is 29.7 Å². The van der Waals surface area contributed by atoms with Crippen molar-refractivity contribution in [2.75, 3.05) is 34.6 Å². The molecule has 35 heavy (non-hydrogen) atoms. The van der Waals surface area contributed by atoms with Gasteiger partial charge in [-0.15, -0.1) is 23.2 Å². The number of halogens is 2. The van der Waals surface area contributed by atoms with E-state index < -0.39 is 9.85 Å². The van der Waals surface area contributed by atoms with Crippen molar-refractivity contribution in [3.63, 3.8) is 0 Å². The Morgan fingerprint density at radius 2 is 1.20 bits per heavy atom. The number of carbonyl (C=O) groups is 2. The van der Waals surface area contributed by atoms with Crippen LogP contribution in [0.4, 0.5) is 22.7 Å². The van der Waals surface area contributed by atoms with Crippen LogP contribution in [0.25, 0.3) is 0 Å². The number of hydrogen-bond acceptors (Lipinski definition) is 6. The molecule has 2 aromatic carbocycles. The standard InChI is InChI=1S/C23H22Cl2N4O6/c24-10-14-12-26(20-8-16(28(32)33)4-6-18(14)20)22(30)2-1-3-23(31)27-13-15(11-25)19-7-5-17(29(34)35)9-21(19)27/h4-9,14-15H,1-3,10-13H2. The second-order valence-electron chi connectivity index (χ2n) is 8.57. The van der Waals surface area contributed by atoms with Crippen molar-refractivity contribution in [1.29, 1.82) is 0 Å². The van der Waals surface area contributed by atoms with Gasteiger partial charge in [0.15, 0.2) is 0 Å². The van der Waals surface area contributed by atoms with Crippen molar-refractivity contribution in [3.8, 4) is 0 Å². The van der Waals surface area contributed by atoms with Gasteiger partial charge in [0, 0.05) is 73.8 Å². The van der Waals surface area contributed by atoms with Gasteiger partial charge in [-0.3, -0.25) is 29.8 Å². The van der Waals surface area contributed by atoms with Crippen LogP contribution in [0.1, 0.15) is 42.2 Å². The van der Waals surface area contributed by atoms with Gasteiger partial charge in [0.2, 0.25) is 11.8 Å². The number of amides is 2. The fraction of sp³-hybridized carbons (Fsp3) is 0.391. The minimum Gasteiger partial charge on any atom is -0.311 e. The zero-order chi connectivity index (χ0) is 25.3. The molecule has 10 nitrogen and oxygen atoms in total. The summed E-state index contributed by atoms with van der Waals surface area (Å²) in [4.78, 5) is 50.3. The van der Waals surface area contributed by atoms with E-state index in [4.69, 9.17) is 23.2 Å². The molecule has 0 saturated carbocycles. The number of benzene rings is 2. The molecule has 2 aliphatic rings. The summed E-state index contributed by atoms with van der Waals surface area (Å²) in [6.07, 6.45) is 0.394. The lowest BCUT2D eigenvalue weighted by Gasteiger charge is -2.19. The quantitative estimate of drug-likeness (QED) is 0.281. The zero-order valence-corrected chi connectivity index (χ0v) is 20.1. The number of nitrogens with zero attached hydrogens (tertiary/aromatic N) is 4. The molecule has 0 spiro atoms. The maximum Gasteiger partial charge on any atom is 0.271 e. The Hall–Kier alpha value is -3.24. The number of rotatable bonds is 8. The summed E-state index contributed by atoms with van der Waals surface area (Å²) in [5, 5.41) is 22.4. The summed E-state index contributed by atoms with van der Waals surface area (Å²) in [5.74, 6) is -0.193. The summed E-state index contributed by atoms with van der Waals surface area (Å²) >= 11 is 12.1. The van der Waals surface area contributed by atoms with Crippen LogP contribution in [0, 0.1) is 20.2 Å². The zero-order valence-electron chi connectivity index (χ0n) is 18.6. The average Bonchev–Trinajstić information content (AvgIpc) is 3.41. The number of non-ortho nitro benzene ring substituents is 2. The smallest absolute Gasteiger partial charge is 0.271 e. The third-order valence-electron chi connectivity index (χ3n) is 6.47. The predicted octanol–water partition coefficient (Wildman–Crippen LogP) is 4.71. The highest BCUT2D eigenvalue weighted by Gasteiger charge is 2.35. The van der Waals surface area contributed by atoms with E-state index in [0.29, 0.717) is 24.5 Å². The molecule has 2 aromatic rings. The summed E-state index contributed by atoms with van der Waals surface area (Å²) < 4.78 is 0. The molecule has 0 radical (unpaired) electrons. The SMILES string of the molecule is O=C(CCCC(=O)N1CC(CCl)c2ccc([N+](=O)[O-])cc21)N1CC(CCl)c2ccc([N+](=O)[O-])cc21. The van der Waals surface area contributed by atoms with Gasteiger partial charge in [-0.25, -0.2) is 0 Å². The monoisotopic (exact) mass is 520 g/mol. The van der Waals surface area contributed by atoms with Crippen molar-refractivity contribution in [2.24, 2.45) is 0 Å². The molecule has 4 rings (SSSR count). The number of nitro benzene ring substituents is 2. The summed E-state index contributed by atoms with van der Waals surface area (Å²) in [7, 11) is 0. The first-order chi connectivity index (χ1) is 16.7. The average molecular weight is 521 g/mol. The number of nitro groups is 2. The topological polar surface area (TPSA) is 127 Å². The van der Waals surface area contributed by atoms with Crippen molar-refractivity contribution >= 4 is 57.8 Å². The van der Waals surface area contributed by atoms with E-state index in [-0.39, 0.29) is 66.0 Å². The van der Waals surface area contributed by atoms with Crippen LogP contribution < -0.4 is 9.80 Å². The van der Waals surface area contributed by atoms with Gasteiger partial charge in [0.05, 0.1) is 21.2 Å². The first-order valence-corrected chi connectivity index (χ1v) is 12.1. The molecule has 184 valence electrons. The van der Waals surface area contributed by atoms with Crippen LogP contribution >= 0.6 is 23.2 Å². The molecule has 0 fully saturated rings. The Kier molecular flexibility index (Phi) is 7.23.